The third-order valence-corrected chi connectivity index (χ3v) is 3.29. The molecule has 0 aromatic heterocycles. The van der Waals surface area contributed by atoms with Crippen molar-refractivity contribution in [2.75, 3.05) is 26.2 Å². The normalized spacial score (nSPS) is 12.9. The summed E-state index contributed by atoms with van der Waals surface area (Å²) >= 11 is 6.34. The van der Waals surface area contributed by atoms with Gasteiger partial charge in [-0.25, -0.2) is 0 Å². The molecule has 0 radical (unpaired) electrons. The molecule has 5 heteroatoms. The molecule has 0 amide bonds. The highest BCUT2D eigenvalue weighted by Gasteiger charge is 2.20. The summed E-state index contributed by atoms with van der Waals surface area (Å²) in [6.45, 7) is 11.5. The monoisotopic (exact) mass is 353 g/mol. The second-order valence-corrected chi connectivity index (χ2v) is 7.28. The van der Waals surface area contributed by atoms with E-state index in [1.807, 2.05) is 56.0 Å². The Balaban J connectivity index is 2.37. The standard InChI is InChI=1S/C19H28ClNO3/c1-5-11-21(13-18(22)24-19(2,3)4)12-17(20)15-23-14-16-9-7-6-8-10-16/h5-10,17H,1,11-15H2,2-4H3/t17-/m1/s1. The number of alkyl halides is 1. The molecule has 24 heavy (non-hydrogen) atoms. The van der Waals surface area contributed by atoms with Crippen molar-refractivity contribution in [3.63, 3.8) is 0 Å². The van der Waals surface area contributed by atoms with Crippen LogP contribution in [0, 0.1) is 0 Å². The first-order valence-electron chi connectivity index (χ1n) is 8.11. The van der Waals surface area contributed by atoms with Gasteiger partial charge in [0.25, 0.3) is 0 Å². The van der Waals surface area contributed by atoms with Crippen LogP contribution >= 0.6 is 11.6 Å². The van der Waals surface area contributed by atoms with Crippen LogP contribution in [0.3, 0.4) is 0 Å². The lowest BCUT2D eigenvalue weighted by Crippen LogP contribution is -2.39. The van der Waals surface area contributed by atoms with Gasteiger partial charge in [0.15, 0.2) is 0 Å². The molecule has 4 nitrogen and oxygen atoms in total. The highest BCUT2D eigenvalue weighted by Crippen LogP contribution is 2.09. The van der Waals surface area contributed by atoms with Crippen molar-refractivity contribution >= 4 is 17.6 Å². The van der Waals surface area contributed by atoms with Crippen molar-refractivity contribution in [2.24, 2.45) is 0 Å². The third kappa shape index (κ3) is 9.71. The van der Waals surface area contributed by atoms with Crippen molar-refractivity contribution in [2.45, 2.75) is 38.4 Å². The SMILES string of the molecule is C=CCN(CC(=O)OC(C)(C)C)C[C@@H](Cl)COCc1ccccc1. The molecule has 0 heterocycles. The summed E-state index contributed by atoms with van der Waals surface area (Å²) in [5.74, 6) is -0.265. The van der Waals surface area contributed by atoms with Gasteiger partial charge in [-0.15, -0.1) is 18.2 Å². The Hall–Kier alpha value is -1.36. The van der Waals surface area contributed by atoms with Crippen LogP contribution < -0.4 is 0 Å². The van der Waals surface area contributed by atoms with E-state index in [9.17, 15) is 4.79 Å². The number of ether oxygens (including phenoxy) is 2. The molecule has 0 bridgehead atoms. The Bertz CT molecular complexity index is 499. The first kappa shape index (κ1) is 20.7. The molecule has 0 saturated heterocycles. The van der Waals surface area contributed by atoms with Gasteiger partial charge in [0, 0.05) is 13.1 Å². The van der Waals surface area contributed by atoms with Gasteiger partial charge in [-0.2, -0.15) is 0 Å². The van der Waals surface area contributed by atoms with E-state index < -0.39 is 5.60 Å². The average molecular weight is 354 g/mol. The largest absolute Gasteiger partial charge is 0.459 e. The number of esters is 1. The molecule has 0 unspecified atom stereocenters. The van der Waals surface area contributed by atoms with E-state index in [2.05, 4.69) is 6.58 Å². The zero-order valence-corrected chi connectivity index (χ0v) is 15.6. The molecule has 0 saturated carbocycles. The second kappa shape index (κ2) is 10.5. The topological polar surface area (TPSA) is 38.8 Å². The molecule has 1 aromatic rings. The molecule has 1 atom stereocenters. The maximum absolute atomic E-state index is 12.0. The van der Waals surface area contributed by atoms with E-state index in [1.165, 1.54) is 0 Å². The van der Waals surface area contributed by atoms with Gasteiger partial charge in [0.2, 0.25) is 0 Å². The van der Waals surface area contributed by atoms with E-state index in [1.54, 1.807) is 6.08 Å². The fourth-order valence-electron chi connectivity index (χ4n) is 2.15. The Morgan fingerprint density at radius 3 is 2.58 bits per heavy atom. The van der Waals surface area contributed by atoms with Crippen LogP contribution in [0.5, 0.6) is 0 Å². The minimum atomic E-state index is -0.490. The van der Waals surface area contributed by atoms with Crippen LogP contribution in [0.4, 0.5) is 0 Å². The molecule has 0 aliphatic heterocycles. The van der Waals surface area contributed by atoms with Crippen molar-refractivity contribution < 1.29 is 14.3 Å². The van der Waals surface area contributed by atoms with Crippen molar-refractivity contribution in [3.8, 4) is 0 Å². The average Bonchev–Trinajstić information content (AvgIpc) is 2.46. The first-order chi connectivity index (χ1) is 11.3. The van der Waals surface area contributed by atoms with Crippen molar-refractivity contribution in [1.82, 2.24) is 4.90 Å². The highest BCUT2D eigenvalue weighted by atomic mass is 35.5. The number of benzene rings is 1. The zero-order chi connectivity index (χ0) is 18.0. The highest BCUT2D eigenvalue weighted by molar-refractivity contribution is 6.20. The second-order valence-electron chi connectivity index (χ2n) is 6.67. The number of hydrogen-bond acceptors (Lipinski definition) is 4. The number of nitrogens with zero attached hydrogens (tertiary/aromatic N) is 1. The minimum absolute atomic E-state index is 0.186. The van der Waals surface area contributed by atoms with E-state index in [4.69, 9.17) is 21.1 Å². The summed E-state index contributed by atoms with van der Waals surface area (Å²) in [6, 6.07) is 9.94. The van der Waals surface area contributed by atoms with Crippen LogP contribution in [-0.2, 0) is 20.9 Å². The summed E-state index contributed by atoms with van der Waals surface area (Å²) < 4.78 is 11.0. The number of hydrogen-bond donors (Lipinski definition) is 0. The number of carbonyl (C=O) groups excluding carboxylic acids is 1. The van der Waals surface area contributed by atoms with Crippen LogP contribution in [0.15, 0.2) is 43.0 Å². The molecular weight excluding hydrogens is 326 g/mol. The molecular formula is C19H28ClNO3. The molecule has 1 aromatic carbocycles. The third-order valence-electron chi connectivity index (χ3n) is 3.03. The summed E-state index contributed by atoms with van der Waals surface area (Å²) in [7, 11) is 0. The molecule has 0 aliphatic carbocycles. The summed E-state index contributed by atoms with van der Waals surface area (Å²) in [5.41, 5.74) is 0.619. The molecule has 0 aliphatic rings. The van der Waals surface area contributed by atoms with Gasteiger partial charge in [0.05, 0.1) is 25.1 Å². The zero-order valence-electron chi connectivity index (χ0n) is 14.8. The lowest BCUT2D eigenvalue weighted by molar-refractivity contribution is -0.156. The predicted octanol–water partition coefficient (Wildman–Crippen LogP) is 3.64. The first-order valence-corrected chi connectivity index (χ1v) is 8.54. The van der Waals surface area contributed by atoms with Crippen LogP contribution in [0.25, 0.3) is 0 Å². The van der Waals surface area contributed by atoms with Crippen LogP contribution in [-0.4, -0.2) is 48.1 Å². The lowest BCUT2D eigenvalue weighted by Gasteiger charge is -2.25. The Labute approximate surface area is 150 Å². The van der Waals surface area contributed by atoms with E-state index in [0.717, 1.165) is 5.56 Å². The minimum Gasteiger partial charge on any atom is -0.459 e. The van der Waals surface area contributed by atoms with Gasteiger partial charge >= 0.3 is 5.97 Å². The predicted molar refractivity (Wildman–Crippen MR) is 98.2 cm³/mol. The van der Waals surface area contributed by atoms with Gasteiger partial charge in [0.1, 0.15) is 5.60 Å². The van der Waals surface area contributed by atoms with Crippen LogP contribution in [0.2, 0.25) is 0 Å². The quantitative estimate of drug-likeness (QED) is 0.366. The number of halogens is 1. The molecule has 0 N–H and O–H groups in total. The summed E-state index contributed by atoms with van der Waals surface area (Å²) in [6.07, 6.45) is 1.75. The number of rotatable bonds is 10. The molecule has 1 rings (SSSR count). The Morgan fingerprint density at radius 2 is 2.00 bits per heavy atom. The number of carbonyl (C=O) groups is 1. The molecule has 0 spiro atoms. The smallest absolute Gasteiger partial charge is 0.320 e. The fourth-order valence-corrected chi connectivity index (χ4v) is 2.44. The Kier molecular flexibility index (Phi) is 9.04. The maximum Gasteiger partial charge on any atom is 0.320 e. The van der Waals surface area contributed by atoms with Crippen molar-refractivity contribution in [1.29, 1.82) is 0 Å². The van der Waals surface area contributed by atoms with E-state index >= 15 is 0 Å². The fraction of sp³-hybridized carbons (Fsp3) is 0.526. The molecule has 0 fully saturated rings. The molecule has 134 valence electrons. The van der Waals surface area contributed by atoms with Gasteiger partial charge in [-0.05, 0) is 26.3 Å². The van der Waals surface area contributed by atoms with Crippen LogP contribution in [0.1, 0.15) is 26.3 Å². The summed E-state index contributed by atoms with van der Waals surface area (Å²) in [5, 5.41) is -0.212. The van der Waals surface area contributed by atoms with E-state index in [0.29, 0.717) is 26.3 Å². The lowest BCUT2D eigenvalue weighted by atomic mass is 10.2. The van der Waals surface area contributed by atoms with E-state index in [-0.39, 0.29) is 17.9 Å². The van der Waals surface area contributed by atoms with Gasteiger partial charge in [-0.3, -0.25) is 9.69 Å². The summed E-state index contributed by atoms with van der Waals surface area (Å²) in [4.78, 5) is 13.9. The maximum atomic E-state index is 12.0. The Morgan fingerprint density at radius 1 is 1.33 bits per heavy atom. The van der Waals surface area contributed by atoms with Gasteiger partial charge < -0.3 is 9.47 Å². The van der Waals surface area contributed by atoms with Crippen molar-refractivity contribution in [3.05, 3.63) is 48.6 Å². The van der Waals surface area contributed by atoms with Gasteiger partial charge in [-0.1, -0.05) is 36.4 Å².